The van der Waals surface area contributed by atoms with Crippen molar-refractivity contribution in [2.45, 2.75) is 69.0 Å². The number of piperidine rings is 1. The Balaban J connectivity index is 1.24. The van der Waals surface area contributed by atoms with Crippen LogP contribution in [0.2, 0.25) is 0 Å². The Kier molecular flexibility index (Phi) is 5.55. The SMILES string of the molecule is CSc1ccc(-c2cc3c(cn2)OC2(C3)CC3(CCN(C(=O)OC(C)(C)C)CC3)C2)c(C#N)c1. The predicted molar refractivity (Wildman–Crippen MR) is 132 cm³/mol. The summed E-state index contributed by atoms with van der Waals surface area (Å²) >= 11 is 1.63. The van der Waals surface area contributed by atoms with Gasteiger partial charge in [0, 0.05) is 35.5 Å². The number of nitrogens with zero attached hydrogens (tertiary/aromatic N) is 3. The van der Waals surface area contributed by atoms with E-state index < -0.39 is 5.60 Å². The van der Waals surface area contributed by atoms with Gasteiger partial charge in [-0.25, -0.2) is 4.79 Å². The molecule has 5 rings (SSSR count). The Morgan fingerprint density at radius 1 is 1.24 bits per heavy atom. The molecule has 0 unspecified atom stereocenters. The number of ether oxygens (including phenoxy) is 2. The minimum atomic E-state index is -0.464. The molecule has 34 heavy (non-hydrogen) atoms. The van der Waals surface area contributed by atoms with Gasteiger partial charge in [0.2, 0.25) is 0 Å². The topological polar surface area (TPSA) is 75.4 Å². The molecule has 1 saturated carbocycles. The lowest BCUT2D eigenvalue weighted by atomic mass is 9.54. The third-order valence-electron chi connectivity index (χ3n) is 7.28. The fraction of sp³-hybridized carbons (Fsp3) is 0.519. The smallest absolute Gasteiger partial charge is 0.410 e. The van der Waals surface area contributed by atoms with Crippen LogP contribution in [0.3, 0.4) is 0 Å². The highest BCUT2D eigenvalue weighted by atomic mass is 32.2. The van der Waals surface area contributed by atoms with Crippen molar-refractivity contribution in [3.8, 4) is 23.1 Å². The van der Waals surface area contributed by atoms with E-state index in [0.717, 1.165) is 67.1 Å². The van der Waals surface area contributed by atoms with Gasteiger partial charge in [-0.15, -0.1) is 11.8 Å². The number of thioether (sulfide) groups is 1. The van der Waals surface area contributed by atoms with Crippen LogP contribution in [0.15, 0.2) is 35.4 Å². The van der Waals surface area contributed by atoms with E-state index in [1.54, 1.807) is 11.8 Å². The van der Waals surface area contributed by atoms with Crippen molar-refractivity contribution in [1.82, 2.24) is 9.88 Å². The molecule has 2 spiro atoms. The minimum Gasteiger partial charge on any atom is -0.485 e. The molecule has 2 aliphatic heterocycles. The lowest BCUT2D eigenvalue weighted by molar-refractivity contribution is -0.120. The third-order valence-corrected chi connectivity index (χ3v) is 8.01. The Hall–Kier alpha value is -2.72. The summed E-state index contributed by atoms with van der Waals surface area (Å²) in [6.45, 7) is 7.20. The summed E-state index contributed by atoms with van der Waals surface area (Å²) < 4.78 is 12.0. The molecule has 0 radical (unpaired) electrons. The van der Waals surface area contributed by atoms with Crippen LogP contribution >= 0.6 is 11.8 Å². The van der Waals surface area contributed by atoms with Gasteiger partial charge < -0.3 is 14.4 Å². The molecule has 1 amide bonds. The van der Waals surface area contributed by atoms with Crippen molar-refractivity contribution in [2.75, 3.05) is 19.3 Å². The summed E-state index contributed by atoms with van der Waals surface area (Å²) in [5.41, 5.74) is 3.13. The van der Waals surface area contributed by atoms with Gasteiger partial charge in [0.1, 0.15) is 17.0 Å². The second-order valence-corrected chi connectivity index (χ2v) is 11.9. The number of likely N-dealkylation sites (tertiary alicyclic amines) is 1. The highest BCUT2D eigenvalue weighted by Crippen LogP contribution is 2.60. The molecule has 0 atom stereocenters. The Bertz CT molecular complexity index is 1160. The normalized spacial score (nSPS) is 19.8. The van der Waals surface area contributed by atoms with Crippen LogP contribution in [0.25, 0.3) is 11.3 Å². The maximum absolute atomic E-state index is 12.4. The number of benzene rings is 1. The molecule has 1 aromatic carbocycles. The van der Waals surface area contributed by atoms with E-state index in [0.29, 0.717) is 5.56 Å². The van der Waals surface area contributed by atoms with E-state index >= 15 is 0 Å². The number of amides is 1. The zero-order valence-corrected chi connectivity index (χ0v) is 21.1. The molecular weight excluding hydrogens is 446 g/mol. The fourth-order valence-electron chi connectivity index (χ4n) is 5.80. The molecule has 1 aliphatic carbocycles. The van der Waals surface area contributed by atoms with Crippen molar-refractivity contribution in [3.63, 3.8) is 0 Å². The standard InChI is InChI=1S/C27H31N3O3S/c1-25(2,3)33-24(31)30-9-7-26(8-10-30)16-27(17-26)13-18-12-22(29-15-23(18)32-27)21-6-5-20(34-4)11-19(21)14-28/h5-6,11-12,15H,7-10,13,16-17H2,1-4H3. The number of fused-ring (bicyclic) bond motifs is 1. The van der Waals surface area contributed by atoms with Crippen LogP contribution in [0.4, 0.5) is 4.79 Å². The monoisotopic (exact) mass is 477 g/mol. The van der Waals surface area contributed by atoms with Gasteiger partial charge in [0.25, 0.3) is 0 Å². The van der Waals surface area contributed by atoms with Crippen LogP contribution in [0.5, 0.6) is 5.75 Å². The summed E-state index contributed by atoms with van der Waals surface area (Å²) in [4.78, 5) is 20.0. The Morgan fingerprint density at radius 3 is 2.62 bits per heavy atom. The largest absolute Gasteiger partial charge is 0.485 e. The van der Waals surface area contributed by atoms with Crippen molar-refractivity contribution >= 4 is 17.9 Å². The maximum Gasteiger partial charge on any atom is 0.410 e. The maximum atomic E-state index is 12.4. The molecule has 3 heterocycles. The van der Waals surface area contributed by atoms with Gasteiger partial charge in [0.05, 0.1) is 23.5 Å². The first-order valence-corrected chi connectivity index (χ1v) is 13.1. The first kappa shape index (κ1) is 23.0. The molecule has 0 bridgehead atoms. The lowest BCUT2D eigenvalue weighted by Crippen LogP contribution is -2.59. The molecule has 0 N–H and O–H groups in total. The number of nitriles is 1. The van der Waals surface area contributed by atoms with Crippen molar-refractivity contribution in [2.24, 2.45) is 5.41 Å². The van der Waals surface area contributed by atoms with Gasteiger partial charge in [-0.05, 0) is 76.3 Å². The molecule has 2 fully saturated rings. The quantitative estimate of drug-likeness (QED) is 0.507. The van der Waals surface area contributed by atoms with E-state index in [1.807, 2.05) is 56.3 Å². The molecule has 6 nitrogen and oxygen atoms in total. The first-order valence-electron chi connectivity index (χ1n) is 11.9. The molecule has 1 aromatic heterocycles. The number of carbonyl (C=O) groups excluding carboxylic acids is 1. The number of carbonyl (C=O) groups is 1. The average Bonchev–Trinajstić information content (AvgIpc) is 3.15. The first-order chi connectivity index (χ1) is 16.1. The van der Waals surface area contributed by atoms with Gasteiger partial charge in [-0.2, -0.15) is 5.26 Å². The molecule has 7 heteroatoms. The Labute approximate surface area is 205 Å². The van der Waals surface area contributed by atoms with Crippen LogP contribution in [-0.2, 0) is 11.2 Å². The summed E-state index contributed by atoms with van der Waals surface area (Å²) in [5.74, 6) is 0.865. The lowest BCUT2D eigenvalue weighted by Gasteiger charge is -2.56. The average molecular weight is 478 g/mol. The summed E-state index contributed by atoms with van der Waals surface area (Å²) in [5, 5.41) is 9.63. The number of rotatable bonds is 2. The van der Waals surface area contributed by atoms with E-state index in [-0.39, 0.29) is 17.1 Å². The second kappa shape index (κ2) is 8.20. The van der Waals surface area contributed by atoms with Crippen molar-refractivity contribution in [3.05, 3.63) is 41.6 Å². The van der Waals surface area contributed by atoms with Crippen LogP contribution in [-0.4, -0.2) is 46.5 Å². The van der Waals surface area contributed by atoms with Gasteiger partial charge in [0.15, 0.2) is 0 Å². The predicted octanol–water partition coefficient (Wildman–Crippen LogP) is 5.83. The van der Waals surface area contributed by atoms with E-state index in [4.69, 9.17) is 9.47 Å². The zero-order valence-electron chi connectivity index (χ0n) is 20.3. The van der Waals surface area contributed by atoms with Crippen LogP contribution in [0.1, 0.15) is 57.6 Å². The summed E-state index contributed by atoms with van der Waals surface area (Å²) in [7, 11) is 0. The van der Waals surface area contributed by atoms with Crippen molar-refractivity contribution in [1.29, 1.82) is 5.26 Å². The summed E-state index contributed by atoms with van der Waals surface area (Å²) in [6.07, 6.45) is 8.50. The molecule has 2 aromatic rings. The van der Waals surface area contributed by atoms with E-state index in [9.17, 15) is 10.1 Å². The third kappa shape index (κ3) is 4.24. The van der Waals surface area contributed by atoms with E-state index in [1.165, 1.54) is 5.56 Å². The molecule has 3 aliphatic rings. The molecule has 1 saturated heterocycles. The fourth-order valence-corrected chi connectivity index (χ4v) is 6.24. The second-order valence-electron chi connectivity index (χ2n) is 11.0. The molecular formula is C27H31N3O3S. The van der Waals surface area contributed by atoms with Crippen LogP contribution in [0, 0.1) is 16.7 Å². The number of pyridine rings is 1. The van der Waals surface area contributed by atoms with Crippen molar-refractivity contribution < 1.29 is 14.3 Å². The van der Waals surface area contributed by atoms with Gasteiger partial charge >= 0.3 is 6.09 Å². The molecule has 178 valence electrons. The van der Waals surface area contributed by atoms with Gasteiger partial charge in [-0.3, -0.25) is 4.98 Å². The highest BCUT2D eigenvalue weighted by Gasteiger charge is 2.59. The number of aromatic nitrogens is 1. The highest BCUT2D eigenvalue weighted by molar-refractivity contribution is 7.98. The Morgan fingerprint density at radius 2 is 1.97 bits per heavy atom. The minimum absolute atomic E-state index is 0.155. The van der Waals surface area contributed by atoms with E-state index in [2.05, 4.69) is 17.1 Å². The van der Waals surface area contributed by atoms with Gasteiger partial charge in [-0.1, -0.05) is 6.07 Å². The summed E-state index contributed by atoms with van der Waals surface area (Å²) in [6, 6.07) is 10.4. The number of hydrogen-bond donors (Lipinski definition) is 0. The van der Waals surface area contributed by atoms with Crippen LogP contribution < -0.4 is 4.74 Å². The number of hydrogen-bond acceptors (Lipinski definition) is 6. The zero-order chi connectivity index (χ0) is 24.1.